The van der Waals surface area contributed by atoms with Crippen LogP contribution in [0.25, 0.3) is 17.3 Å². The van der Waals surface area contributed by atoms with Gasteiger partial charge in [-0.25, -0.2) is 9.37 Å². The van der Waals surface area contributed by atoms with E-state index in [1.165, 1.54) is 35.4 Å². The number of amides is 1. The normalized spacial score (nSPS) is 11.0. The van der Waals surface area contributed by atoms with Gasteiger partial charge in [-0.3, -0.25) is 9.36 Å². The summed E-state index contributed by atoms with van der Waals surface area (Å²) < 4.78 is 21.7. The van der Waals surface area contributed by atoms with Gasteiger partial charge >= 0.3 is 0 Å². The molecular formula is C24H18FN5O2S2. The van der Waals surface area contributed by atoms with Crippen molar-refractivity contribution in [1.29, 1.82) is 0 Å². The summed E-state index contributed by atoms with van der Waals surface area (Å²) in [7, 11) is 0. The summed E-state index contributed by atoms with van der Waals surface area (Å²) in [5.74, 6) is 0.641. The maximum absolute atomic E-state index is 14.6. The van der Waals surface area contributed by atoms with E-state index in [4.69, 9.17) is 4.42 Å². The van der Waals surface area contributed by atoms with Crippen molar-refractivity contribution in [3.63, 3.8) is 0 Å². The van der Waals surface area contributed by atoms with E-state index in [9.17, 15) is 9.18 Å². The third kappa shape index (κ3) is 4.63. The zero-order valence-corrected chi connectivity index (χ0v) is 19.6. The van der Waals surface area contributed by atoms with Crippen molar-refractivity contribution < 1.29 is 13.6 Å². The predicted molar refractivity (Wildman–Crippen MR) is 130 cm³/mol. The van der Waals surface area contributed by atoms with Crippen molar-refractivity contribution in [2.45, 2.75) is 17.8 Å². The number of anilines is 1. The molecule has 5 aromatic rings. The minimum atomic E-state index is -0.402. The van der Waals surface area contributed by atoms with Crippen molar-refractivity contribution >= 4 is 34.7 Å². The molecule has 170 valence electrons. The quantitative estimate of drug-likeness (QED) is 0.282. The van der Waals surface area contributed by atoms with Gasteiger partial charge in [-0.15, -0.1) is 21.5 Å². The van der Waals surface area contributed by atoms with E-state index in [0.717, 1.165) is 10.6 Å². The molecule has 5 rings (SSSR count). The second-order valence-electron chi connectivity index (χ2n) is 7.31. The van der Waals surface area contributed by atoms with Crippen molar-refractivity contribution in [2.75, 3.05) is 5.32 Å². The second-order valence-corrected chi connectivity index (χ2v) is 9.19. The van der Waals surface area contributed by atoms with Crippen molar-refractivity contribution in [1.82, 2.24) is 19.7 Å². The van der Waals surface area contributed by atoms with Crippen LogP contribution in [0.4, 0.5) is 10.1 Å². The largest absolute Gasteiger partial charge is 0.461 e. The van der Waals surface area contributed by atoms with Crippen molar-refractivity contribution in [2.24, 2.45) is 0 Å². The van der Waals surface area contributed by atoms with Crippen LogP contribution >= 0.6 is 23.1 Å². The maximum Gasteiger partial charge on any atom is 0.275 e. The summed E-state index contributed by atoms with van der Waals surface area (Å²) >= 11 is 2.73. The van der Waals surface area contributed by atoms with E-state index in [1.54, 1.807) is 40.3 Å². The smallest absolute Gasteiger partial charge is 0.275 e. The number of halogens is 1. The molecule has 7 nitrogen and oxygen atoms in total. The molecule has 0 radical (unpaired) electrons. The van der Waals surface area contributed by atoms with Gasteiger partial charge in [-0.2, -0.15) is 0 Å². The summed E-state index contributed by atoms with van der Waals surface area (Å²) in [6, 6.07) is 17.5. The van der Waals surface area contributed by atoms with Crippen LogP contribution in [-0.2, 0) is 5.75 Å². The van der Waals surface area contributed by atoms with Gasteiger partial charge in [0.1, 0.15) is 16.5 Å². The number of para-hydroxylation sites is 1. The number of aromatic nitrogens is 4. The molecule has 34 heavy (non-hydrogen) atoms. The number of nitrogens with zero attached hydrogens (tertiary/aromatic N) is 4. The lowest BCUT2D eigenvalue weighted by atomic mass is 10.2. The van der Waals surface area contributed by atoms with Crippen molar-refractivity contribution in [3.8, 4) is 17.3 Å². The number of rotatable bonds is 7. The first-order chi connectivity index (χ1) is 16.6. The molecule has 0 atom stereocenters. The van der Waals surface area contributed by atoms with Gasteiger partial charge in [0, 0.05) is 11.1 Å². The predicted octanol–water partition coefficient (Wildman–Crippen LogP) is 5.98. The van der Waals surface area contributed by atoms with Crippen LogP contribution in [0.1, 0.15) is 21.1 Å². The molecule has 0 aliphatic carbocycles. The summed E-state index contributed by atoms with van der Waals surface area (Å²) in [6.07, 6.45) is 1.53. The third-order valence-electron chi connectivity index (χ3n) is 4.89. The summed E-state index contributed by atoms with van der Waals surface area (Å²) in [5.41, 5.74) is 2.49. The van der Waals surface area contributed by atoms with Crippen LogP contribution in [0, 0.1) is 12.7 Å². The number of nitrogens with one attached hydrogen (secondary N) is 1. The van der Waals surface area contributed by atoms with Gasteiger partial charge in [0.25, 0.3) is 5.91 Å². The Kier molecular flexibility index (Phi) is 6.24. The number of hydrogen-bond donors (Lipinski definition) is 1. The average Bonchev–Trinajstić information content (AvgIpc) is 3.60. The van der Waals surface area contributed by atoms with Crippen LogP contribution in [0.2, 0.25) is 0 Å². The summed E-state index contributed by atoms with van der Waals surface area (Å²) in [5, 5.41) is 14.3. The maximum atomic E-state index is 14.6. The molecule has 0 aliphatic rings. The summed E-state index contributed by atoms with van der Waals surface area (Å²) in [6.45, 7) is 1.99. The third-order valence-corrected chi connectivity index (χ3v) is 6.86. The fourth-order valence-electron chi connectivity index (χ4n) is 3.22. The minimum absolute atomic E-state index is 0.272. The molecular weight excluding hydrogens is 473 g/mol. The minimum Gasteiger partial charge on any atom is -0.461 e. The SMILES string of the molecule is Cc1ccc(NC(=O)c2csc(CSc3nnc(-c4ccco4)n3-c3ccccc3F)n2)cc1. The molecule has 10 heteroatoms. The van der Waals surface area contributed by atoms with Crippen LogP contribution in [-0.4, -0.2) is 25.7 Å². The van der Waals surface area contributed by atoms with E-state index >= 15 is 0 Å². The highest BCUT2D eigenvalue weighted by Gasteiger charge is 2.21. The number of thioether (sulfide) groups is 1. The van der Waals surface area contributed by atoms with Crippen LogP contribution in [0.15, 0.2) is 81.9 Å². The van der Waals surface area contributed by atoms with Gasteiger partial charge in [0.2, 0.25) is 5.82 Å². The molecule has 1 amide bonds. The highest BCUT2D eigenvalue weighted by molar-refractivity contribution is 7.98. The van der Waals surface area contributed by atoms with E-state index in [1.807, 2.05) is 31.2 Å². The van der Waals surface area contributed by atoms with Gasteiger partial charge in [0.15, 0.2) is 10.9 Å². The standard InChI is InChI=1S/C24H18FN5O2S2/c1-15-8-10-16(11-9-15)26-23(31)18-13-33-21(27-18)14-34-24-29-28-22(20-7-4-12-32-20)30(24)19-6-3-2-5-17(19)25/h2-13H,14H2,1H3,(H,26,31). The number of benzene rings is 2. The topological polar surface area (TPSA) is 85.8 Å². The van der Waals surface area contributed by atoms with Crippen molar-refractivity contribution in [3.05, 3.63) is 94.4 Å². The Morgan fingerprint density at radius 1 is 1.12 bits per heavy atom. The molecule has 3 heterocycles. The second kappa shape index (κ2) is 9.62. The molecule has 0 fully saturated rings. The average molecular weight is 492 g/mol. The lowest BCUT2D eigenvalue weighted by Gasteiger charge is -2.09. The Morgan fingerprint density at radius 3 is 2.71 bits per heavy atom. The zero-order valence-electron chi connectivity index (χ0n) is 17.9. The highest BCUT2D eigenvalue weighted by Crippen LogP contribution is 2.31. The molecule has 0 saturated heterocycles. The van der Waals surface area contributed by atoms with Crippen LogP contribution in [0.3, 0.4) is 0 Å². The molecule has 0 bridgehead atoms. The van der Waals surface area contributed by atoms with Gasteiger partial charge in [-0.05, 0) is 43.3 Å². The zero-order chi connectivity index (χ0) is 23.5. The number of carbonyl (C=O) groups excluding carboxylic acids is 1. The first kappa shape index (κ1) is 22.1. The molecule has 0 unspecified atom stereocenters. The fraction of sp³-hybridized carbons (Fsp3) is 0.0833. The van der Waals surface area contributed by atoms with Gasteiger partial charge in [0.05, 0.1) is 17.7 Å². The van der Waals surface area contributed by atoms with Gasteiger partial charge < -0.3 is 9.73 Å². The number of furan rings is 1. The Bertz CT molecular complexity index is 1430. The first-order valence-electron chi connectivity index (χ1n) is 10.3. The Morgan fingerprint density at radius 2 is 1.94 bits per heavy atom. The van der Waals surface area contributed by atoms with Crippen LogP contribution in [0.5, 0.6) is 0 Å². The lowest BCUT2D eigenvalue weighted by Crippen LogP contribution is -2.12. The Labute approximate surface area is 202 Å². The molecule has 0 spiro atoms. The number of carbonyl (C=O) groups is 1. The first-order valence-corrected chi connectivity index (χ1v) is 12.1. The Balaban J connectivity index is 1.35. The van der Waals surface area contributed by atoms with E-state index in [0.29, 0.717) is 39.6 Å². The monoisotopic (exact) mass is 491 g/mol. The molecule has 1 N–H and O–H groups in total. The van der Waals surface area contributed by atoms with E-state index in [-0.39, 0.29) is 5.91 Å². The number of hydrogen-bond acceptors (Lipinski definition) is 7. The molecule has 0 saturated carbocycles. The summed E-state index contributed by atoms with van der Waals surface area (Å²) in [4.78, 5) is 17.0. The lowest BCUT2D eigenvalue weighted by molar-refractivity contribution is 0.102. The number of aryl methyl sites for hydroxylation is 1. The fourth-order valence-corrected chi connectivity index (χ4v) is 4.96. The van der Waals surface area contributed by atoms with Crippen LogP contribution < -0.4 is 5.32 Å². The van der Waals surface area contributed by atoms with E-state index in [2.05, 4.69) is 20.5 Å². The van der Waals surface area contributed by atoms with E-state index < -0.39 is 5.82 Å². The molecule has 3 aromatic heterocycles. The number of thiazole rings is 1. The molecule has 2 aromatic carbocycles. The van der Waals surface area contributed by atoms with Gasteiger partial charge in [-0.1, -0.05) is 41.6 Å². The highest BCUT2D eigenvalue weighted by atomic mass is 32.2. The molecule has 0 aliphatic heterocycles. The Hall–Kier alpha value is -3.76.